The quantitative estimate of drug-likeness (QED) is 0.447. The van der Waals surface area contributed by atoms with Crippen LogP contribution >= 0.6 is 11.6 Å². The van der Waals surface area contributed by atoms with Crippen LogP contribution in [0.1, 0.15) is 54.2 Å². The van der Waals surface area contributed by atoms with E-state index >= 15 is 0 Å². The topological polar surface area (TPSA) is 106 Å². The minimum Gasteiger partial charge on any atom is -0.462 e. The standard InChI is InChI=1S/C24H18ClN3O5/c1-3-33-24(32)15-9-10-19(26-13(15)2)21(29)27-14-8-11-20(18(25)12-14)28-22(30)16-6-4-5-7-17(16)23(28)31/h4-12H,3H2,1-2H3,(H,27,29). The number of aromatic nitrogens is 1. The van der Waals surface area contributed by atoms with E-state index in [1.165, 1.54) is 30.3 Å². The number of benzene rings is 2. The van der Waals surface area contributed by atoms with E-state index in [0.29, 0.717) is 22.5 Å². The Morgan fingerprint density at radius 3 is 2.27 bits per heavy atom. The highest BCUT2D eigenvalue weighted by molar-refractivity contribution is 6.40. The van der Waals surface area contributed by atoms with Crippen LogP contribution in [0.4, 0.5) is 11.4 Å². The van der Waals surface area contributed by atoms with Gasteiger partial charge in [0.1, 0.15) is 5.69 Å². The van der Waals surface area contributed by atoms with Crippen LogP contribution in [0.2, 0.25) is 5.02 Å². The van der Waals surface area contributed by atoms with E-state index in [1.54, 1.807) is 38.1 Å². The summed E-state index contributed by atoms with van der Waals surface area (Å²) in [6, 6.07) is 13.9. The SMILES string of the molecule is CCOC(=O)c1ccc(C(=O)Nc2ccc(N3C(=O)c4ccccc4C3=O)c(Cl)c2)nc1C. The first kappa shape index (κ1) is 22.2. The van der Waals surface area contributed by atoms with Crippen LogP contribution in [0, 0.1) is 6.92 Å². The number of nitrogens with zero attached hydrogens (tertiary/aromatic N) is 2. The van der Waals surface area contributed by atoms with Crippen molar-refractivity contribution in [2.75, 3.05) is 16.8 Å². The number of anilines is 2. The number of nitrogens with one attached hydrogen (secondary N) is 1. The number of carbonyl (C=O) groups excluding carboxylic acids is 4. The zero-order valence-electron chi connectivity index (χ0n) is 17.7. The first-order valence-electron chi connectivity index (χ1n) is 10.0. The molecule has 3 aromatic rings. The molecule has 0 bridgehead atoms. The van der Waals surface area contributed by atoms with Gasteiger partial charge in [0.25, 0.3) is 17.7 Å². The molecule has 0 fully saturated rings. The molecule has 9 heteroatoms. The van der Waals surface area contributed by atoms with Gasteiger partial charge in [-0.25, -0.2) is 14.7 Å². The molecular weight excluding hydrogens is 446 g/mol. The fourth-order valence-electron chi connectivity index (χ4n) is 3.48. The summed E-state index contributed by atoms with van der Waals surface area (Å²) in [5, 5.41) is 2.78. The van der Waals surface area contributed by atoms with Gasteiger partial charge in [-0.05, 0) is 56.3 Å². The lowest BCUT2D eigenvalue weighted by atomic mass is 10.1. The number of rotatable bonds is 5. The van der Waals surface area contributed by atoms with Gasteiger partial charge >= 0.3 is 5.97 Å². The predicted molar refractivity (Wildman–Crippen MR) is 122 cm³/mol. The van der Waals surface area contributed by atoms with Crippen LogP contribution in [0.25, 0.3) is 0 Å². The Bertz CT molecular complexity index is 1290. The largest absolute Gasteiger partial charge is 0.462 e. The average Bonchev–Trinajstić information content (AvgIpc) is 3.04. The van der Waals surface area contributed by atoms with Crippen molar-refractivity contribution in [3.05, 3.63) is 87.7 Å². The number of pyridine rings is 1. The fraction of sp³-hybridized carbons (Fsp3) is 0.125. The van der Waals surface area contributed by atoms with Gasteiger partial charge in [0, 0.05) is 5.69 Å². The van der Waals surface area contributed by atoms with Crippen molar-refractivity contribution in [1.82, 2.24) is 4.98 Å². The van der Waals surface area contributed by atoms with E-state index in [9.17, 15) is 19.2 Å². The van der Waals surface area contributed by atoms with Crippen molar-refractivity contribution in [2.45, 2.75) is 13.8 Å². The zero-order valence-corrected chi connectivity index (χ0v) is 18.5. The molecule has 3 amide bonds. The van der Waals surface area contributed by atoms with Gasteiger partial charge in [0.05, 0.1) is 39.7 Å². The lowest BCUT2D eigenvalue weighted by molar-refractivity contribution is 0.0524. The smallest absolute Gasteiger partial charge is 0.339 e. The predicted octanol–water partition coefficient (Wildman–Crippen LogP) is 4.27. The highest BCUT2D eigenvalue weighted by atomic mass is 35.5. The summed E-state index contributed by atoms with van der Waals surface area (Å²) in [6.07, 6.45) is 0. The van der Waals surface area contributed by atoms with Crippen LogP contribution in [-0.2, 0) is 4.74 Å². The van der Waals surface area contributed by atoms with E-state index in [1.807, 2.05) is 0 Å². The molecular formula is C24H18ClN3O5. The summed E-state index contributed by atoms with van der Waals surface area (Å²) < 4.78 is 4.96. The number of ether oxygens (including phenoxy) is 1. The third-order valence-electron chi connectivity index (χ3n) is 5.05. The summed E-state index contributed by atoms with van der Waals surface area (Å²) in [5.41, 5.74) is 1.92. The summed E-state index contributed by atoms with van der Waals surface area (Å²) in [6.45, 7) is 3.54. The highest BCUT2D eigenvalue weighted by Gasteiger charge is 2.37. The maximum atomic E-state index is 12.7. The molecule has 1 aliphatic rings. The molecule has 166 valence electrons. The molecule has 4 rings (SSSR count). The number of esters is 1. The zero-order chi connectivity index (χ0) is 23.7. The lowest BCUT2D eigenvalue weighted by Gasteiger charge is -2.16. The van der Waals surface area contributed by atoms with Crippen LogP contribution in [0.15, 0.2) is 54.6 Å². The first-order valence-corrected chi connectivity index (χ1v) is 10.4. The van der Waals surface area contributed by atoms with E-state index in [4.69, 9.17) is 16.3 Å². The van der Waals surface area contributed by atoms with Crippen LogP contribution in [-0.4, -0.2) is 35.3 Å². The van der Waals surface area contributed by atoms with Gasteiger partial charge in [-0.2, -0.15) is 0 Å². The van der Waals surface area contributed by atoms with Crippen molar-refractivity contribution in [3.63, 3.8) is 0 Å². The molecule has 0 saturated heterocycles. The van der Waals surface area contributed by atoms with E-state index in [2.05, 4.69) is 10.3 Å². The number of hydrogen-bond donors (Lipinski definition) is 1. The fourth-order valence-corrected chi connectivity index (χ4v) is 3.75. The van der Waals surface area contributed by atoms with Crippen molar-refractivity contribution in [2.24, 2.45) is 0 Å². The second kappa shape index (κ2) is 8.84. The molecule has 0 spiro atoms. The van der Waals surface area contributed by atoms with E-state index < -0.39 is 23.7 Å². The number of halogens is 1. The molecule has 2 aromatic carbocycles. The second-order valence-corrected chi connectivity index (χ2v) is 7.57. The molecule has 0 atom stereocenters. The number of aryl methyl sites for hydroxylation is 1. The Morgan fingerprint density at radius 1 is 1.03 bits per heavy atom. The second-order valence-electron chi connectivity index (χ2n) is 7.16. The van der Waals surface area contributed by atoms with Gasteiger partial charge in [-0.15, -0.1) is 0 Å². The Kier molecular flexibility index (Phi) is 5.93. The molecule has 1 aromatic heterocycles. The first-order chi connectivity index (χ1) is 15.8. The van der Waals surface area contributed by atoms with E-state index in [-0.39, 0.29) is 28.6 Å². The molecule has 0 aliphatic carbocycles. The third-order valence-corrected chi connectivity index (χ3v) is 5.36. The van der Waals surface area contributed by atoms with Crippen molar-refractivity contribution in [1.29, 1.82) is 0 Å². The summed E-state index contributed by atoms with van der Waals surface area (Å²) in [7, 11) is 0. The maximum absolute atomic E-state index is 12.7. The van der Waals surface area contributed by atoms with Crippen LogP contribution < -0.4 is 10.2 Å². The highest BCUT2D eigenvalue weighted by Crippen LogP contribution is 2.34. The Morgan fingerprint density at radius 2 is 1.70 bits per heavy atom. The minimum atomic E-state index is -0.516. The van der Waals surface area contributed by atoms with Crippen molar-refractivity contribution >= 4 is 46.7 Å². The van der Waals surface area contributed by atoms with Crippen LogP contribution in [0.5, 0.6) is 0 Å². The number of hydrogen-bond acceptors (Lipinski definition) is 6. The van der Waals surface area contributed by atoms with E-state index in [0.717, 1.165) is 4.90 Å². The Hall–Kier alpha value is -4.04. The third kappa shape index (κ3) is 4.08. The summed E-state index contributed by atoms with van der Waals surface area (Å²) in [4.78, 5) is 55.1. The van der Waals surface area contributed by atoms with Gasteiger partial charge in [0.2, 0.25) is 0 Å². The number of imide groups is 1. The summed E-state index contributed by atoms with van der Waals surface area (Å²) >= 11 is 6.36. The van der Waals surface area contributed by atoms with Crippen molar-refractivity contribution < 1.29 is 23.9 Å². The number of fused-ring (bicyclic) bond motifs is 1. The Balaban J connectivity index is 1.53. The minimum absolute atomic E-state index is 0.0982. The molecule has 1 N–H and O–H groups in total. The monoisotopic (exact) mass is 463 g/mol. The molecule has 8 nitrogen and oxygen atoms in total. The molecule has 2 heterocycles. The van der Waals surface area contributed by atoms with Gasteiger partial charge < -0.3 is 10.1 Å². The molecule has 0 radical (unpaired) electrons. The average molecular weight is 464 g/mol. The number of amides is 3. The van der Waals surface area contributed by atoms with Gasteiger partial charge in [-0.1, -0.05) is 23.7 Å². The summed E-state index contributed by atoms with van der Waals surface area (Å²) in [5.74, 6) is -1.95. The molecule has 33 heavy (non-hydrogen) atoms. The van der Waals surface area contributed by atoms with Crippen LogP contribution in [0.3, 0.4) is 0 Å². The number of carbonyl (C=O) groups is 4. The molecule has 1 aliphatic heterocycles. The lowest BCUT2D eigenvalue weighted by Crippen LogP contribution is -2.29. The Labute approximate surface area is 194 Å². The normalized spacial score (nSPS) is 12.5. The van der Waals surface area contributed by atoms with Crippen molar-refractivity contribution in [3.8, 4) is 0 Å². The molecule has 0 unspecified atom stereocenters. The van der Waals surface area contributed by atoms with Gasteiger partial charge in [-0.3, -0.25) is 14.4 Å². The molecule has 0 saturated carbocycles. The van der Waals surface area contributed by atoms with Gasteiger partial charge in [0.15, 0.2) is 0 Å². The maximum Gasteiger partial charge on any atom is 0.339 e.